The zero-order valence-electron chi connectivity index (χ0n) is 17.5. The van der Waals surface area contributed by atoms with Crippen molar-refractivity contribution in [2.45, 2.75) is 40.7 Å². The van der Waals surface area contributed by atoms with Crippen molar-refractivity contribution in [2.24, 2.45) is 0 Å². The Kier molecular flexibility index (Phi) is 6.43. The van der Waals surface area contributed by atoms with Crippen LogP contribution >= 0.6 is 23.4 Å². The largest absolute Gasteiger partial charge is 0.464 e. The highest BCUT2D eigenvalue weighted by Gasteiger charge is 2.41. The summed E-state index contributed by atoms with van der Waals surface area (Å²) < 4.78 is 7.01. The smallest absolute Gasteiger partial charge is 0.329 e. The lowest BCUT2D eigenvalue weighted by molar-refractivity contribution is -0.150. The number of hydrogen-bond donors (Lipinski definition) is 0. The van der Waals surface area contributed by atoms with E-state index in [2.05, 4.69) is 4.57 Å². The molecule has 1 aliphatic rings. The number of thioether (sulfide) groups is 1. The van der Waals surface area contributed by atoms with E-state index in [-0.39, 0.29) is 11.5 Å². The Labute approximate surface area is 184 Å². The van der Waals surface area contributed by atoms with Crippen molar-refractivity contribution in [3.05, 3.63) is 56.7 Å². The molecule has 30 heavy (non-hydrogen) atoms. The van der Waals surface area contributed by atoms with Crippen LogP contribution in [0, 0.1) is 20.8 Å². The first-order chi connectivity index (χ1) is 14.2. The monoisotopic (exact) mass is 446 g/mol. The van der Waals surface area contributed by atoms with E-state index in [0.29, 0.717) is 5.02 Å². The number of rotatable bonds is 5. The van der Waals surface area contributed by atoms with Crippen molar-refractivity contribution < 1.29 is 19.1 Å². The van der Waals surface area contributed by atoms with Crippen molar-refractivity contribution in [2.75, 3.05) is 6.61 Å². The molecule has 1 atom stereocenters. The first kappa shape index (κ1) is 22.2. The van der Waals surface area contributed by atoms with E-state index in [9.17, 15) is 14.4 Å². The zero-order valence-corrected chi connectivity index (χ0v) is 19.1. The number of carbonyl (C=O) groups is 3. The van der Waals surface area contributed by atoms with Gasteiger partial charge >= 0.3 is 5.97 Å². The highest BCUT2D eigenvalue weighted by Crippen LogP contribution is 2.35. The quantitative estimate of drug-likeness (QED) is 0.475. The van der Waals surface area contributed by atoms with Crippen LogP contribution in [-0.4, -0.2) is 39.2 Å². The molecule has 8 heteroatoms. The van der Waals surface area contributed by atoms with Gasteiger partial charge in [0.25, 0.3) is 11.1 Å². The molecule has 0 bridgehead atoms. The van der Waals surface area contributed by atoms with E-state index >= 15 is 0 Å². The lowest BCUT2D eigenvalue weighted by atomic mass is 10.2. The summed E-state index contributed by atoms with van der Waals surface area (Å²) in [7, 11) is 0. The van der Waals surface area contributed by atoms with E-state index in [1.54, 1.807) is 13.0 Å². The minimum Gasteiger partial charge on any atom is -0.464 e. The zero-order chi connectivity index (χ0) is 22.2. The van der Waals surface area contributed by atoms with Crippen LogP contribution in [0.4, 0.5) is 4.79 Å². The lowest BCUT2D eigenvalue weighted by Crippen LogP contribution is -2.42. The number of aryl methyl sites for hydroxylation is 1. The van der Waals surface area contributed by atoms with E-state index in [4.69, 9.17) is 16.3 Å². The molecule has 1 aromatic carbocycles. The van der Waals surface area contributed by atoms with Gasteiger partial charge in [0.05, 0.1) is 11.5 Å². The Morgan fingerprint density at radius 1 is 1.27 bits per heavy atom. The molecule has 2 amide bonds. The molecule has 1 saturated heterocycles. The predicted octanol–water partition coefficient (Wildman–Crippen LogP) is 5.04. The topological polar surface area (TPSA) is 68.6 Å². The Morgan fingerprint density at radius 2 is 1.97 bits per heavy atom. The number of hydrogen-bond acceptors (Lipinski definition) is 5. The Balaban J connectivity index is 1.97. The van der Waals surface area contributed by atoms with E-state index in [1.807, 2.05) is 45.0 Å². The van der Waals surface area contributed by atoms with E-state index in [1.165, 1.54) is 6.92 Å². The maximum absolute atomic E-state index is 12.8. The molecule has 2 heterocycles. The molecule has 0 spiro atoms. The lowest BCUT2D eigenvalue weighted by Gasteiger charge is -2.19. The third-order valence-electron chi connectivity index (χ3n) is 5.08. The normalized spacial score (nSPS) is 16.5. The molecule has 1 aromatic heterocycles. The summed E-state index contributed by atoms with van der Waals surface area (Å²) >= 11 is 7.11. The van der Waals surface area contributed by atoms with Crippen molar-refractivity contribution in [3.63, 3.8) is 0 Å². The Bertz CT molecular complexity index is 1070. The van der Waals surface area contributed by atoms with Crippen LogP contribution < -0.4 is 0 Å². The fourth-order valence-electron chi connectivity index (χ4n) is 3.47. The van der Waals surface area contributed by atoms with E-state index in [0.717, 1.165) is 44.9 Å². The first-order valence-corrected chi connectivity index (χ1v) is 10.7. The molecule has 0 radical (unpaired) electrons. The second kappa shape index (κ2) is 8.70. The molecule has 1 fully saturated rings. The number of nitrogens with zero attached hydrogens (tertiary/aromatic N) is 2. The van der Waals surface area contributed by atoms with Gasteiger partial charge in [-0.1, -0.05) is 17.7 Å². The van der Waals surface area contributed by atoms with E-state index < -0.39 is 23.2 Å². The third kappa shape index (κ3) is 3.91. The minimum atomic E-state index is -0.968. The molecular formula is C22H23ClN2O4S. The van der Waals surface area contributed by atoms with Crippen molar-refractivity contribution in [1.82, 2.24) is 9.47 Å². The van der Waals surface area contributed by atoms with Gasteiger partial charge in [0, 0.05) is 22.1 Å². The Morgan fingerprint density at radius 3 is 2.63 bits per heavy atom. The van der Waals surface area contributed by atoms with Crippen LogP contribution in [0.2, 0.25) is 5.02 Å². The summed E-state index contributed by atoms with van der Waals surface area (Å²) in [6, 6.07) is 6.71. The maximum atomic E-state index is 12.8. The SMILES string of the molecule is CCOC(=O)[C@H](C)N1C(=O)S/C(=C/c2cc(C)n(-c3cccc(Cl)c3C)c2C)C1=O. The average Bonchev–Trinajstić information content (AvgIpc) is 3.12. The van der Waals surface area contributed by atoms with Crippen LogP contribution in [0.1, 0.15) is 36.4 Å². The summed E-state index contributed by atoms with van der Waals surface area (Å²) in [5, 5.41) is 0.196. The fraction of sp³-hybridized carbons (Fsp3) is 0.318. The summed E-state index contributed by atoms with van der Waals surface area (Å²) in [4.78, 5) is 38.4. The van der Waals surface area contributed by atoms with Gasteiger partial charge in [0.15, 0.2) is 0 Å². The molecule has 6 nitrogen and oxygen atoms in total. The van der Waals surface area contributed by atoms with Gasteiger partial charge in [0.1, 0.15) is 6.04 Å². The van der Waals surface area contributed by atoms with Crippen LogP contribution in [0.15, 0.2) is 29.2 Å². The summed E-state index contributed by atoms with van der Waals surface area (Å²) in [6.07, 6.45) is 1.70. The summed E-state index contributed by atoms with van der Waals surface area (Å²) in [5.41, 5.74) is 4.63. The molecular weight excluding hydrogens is 424 g/mol. The highest BCUT2D eigenvalue weighted by atomic mass is 35.5. The highest BCUT2D eigenvalue weighted by molar-refractivity contribution is 8.18. The number of imide groups is 1. The number of benzene rings is 1. The maximum Gasteiger partial charge on any atom is 0.329 e. The fourth-order valence-corrected chi connectivity index (χ4v) is 4.53. The molecule has 0 N–H and O–H groups in total. The molecule has 1 aliphatic heterocycles. The molecule has 2 aromatic rings. The van der Waals surface area contributed by atoms with Gasteiger partial charge in [-0.25, -0.2) is 4.79 Å². The molecule has 3 rings (SSSR count). The second-order valence-corrected chi connectivity index (χ2v) is 8.43. The number of halogens is 1. The number of carbonyl (C=O) groups excluding carboxylic acids is 3. The standard InChI is InChI=1S/C22H23ClN2O4S/c1-6-29-21(27)15(5)25-20(26)19(30-22(25)28)11-16-10-12(2)24(14(16)4)18-9-7-8-17(23)13(18)3/h7-11,15H,6H2,1-5H3/b19-11+/t15-/m0/s1. The Hall–Kier alpha value is -2.51. The van der Waals surface area contributed by atoms with Gasteiger partial charge < -0.3 is 9.30 Å². The minimum absolute atomic E-state index is 0.185. The van der Waals surface area contributed by atoms with Gasteiger partial charge in [-0.15, -0.1) is 0 Å². The number of aromatic nitrogens is 1. The average molecular weight is 447 g/mol. The number of amides is 2. The van der Waals surface area contributed by atoms with Gasteiger partial charge in [-0.2, -0.15) is 0 Å². The van der Waals surface area contributed by atoms with Gasteiger partial charge in [-0.05, 0) is 81.8 Å². The van der Waals surface area contributed by atoms with Crippen LogP contribution in [0.5, 0.6) is 0 Å². The van der Waals surface area contributed by atoms with Crippen molar-refractivity contribution in [1.29, 1.82) is 0 Å². The molecule has 158 valence electrons. The summed E-state index contributed by atoms with van der Waals surface area (Å²) in [5.74, 6) is -1.09. The predicted molar refractivity (Wildman–Crippen MR) is 119 cm³/mol. The van der Waals surface area contributed by atoms with Crippen molar-refractivity contribution in [3.8, 4) is 5.69 Å². The van der Waals surface area contributed by atoms with Gasteiger partial charge in [-0.3, -0.25) is 14.5 Å². The molecule has 0 unspecified atom stereocenters. The van der Waals surface area contributed by atoms with Crippen LogP contribution in [-0.2, 0) is 14.3 Å². The number of esters is 1. The second-order valence-electron chi connectivity index (χ2n) is 7.03. The van der Waals surface area contributed by atoms with Gasteiger partial charge in [0.2, 0.25) is 0 Å². The van der Waals surface area contributed by atoms with Crippen LogP contribution in [0.3, 0.4) is 0 Å². The first-order valence-electron chi connectivity index (χ1n) is 9.55. The summed E-state index contributed by atoms with van der Waals surface area (Å²) in [6.45, 7) is 9.23. The van der Waals surface area contributed by atoms with Crippen LogP contribution in [0.25, 0.3) is 11.8 Å². The third-order valence-corrected chi connectivity index (χ3v) is 6.37. The van der Waals surface area contributed by atoms with Crippen molar-refractivity contribution >= 4 is 46.6 Å². The number of ether oxygens (including phenoxy) is 1. The molecule has 0 aliphatic carbocycles. The molecule has 0 saturated carbocycles.